The van der Waals surface area contributed by atoms with Gasteiger partial charge >= 0.3 is 0 Å². The highest BCUT2D eigenvalue weighted by molar-refractivity contribution is 5.61. The van der Waals surface area contributed by atoms with Crippen LogP contribution in [0.3, 0.4) is 0 Å². The number of rotatable bonds is 3. The van der Waals surface area contributed by atoms with Crippen LogP contribution in [-0.4, -0.2) is 69.4 Å². The molecule has 5 rings (SSSR count). The van der Waals surface area contributed by atoms with Gasteiger partial charge in [-0.15, -0.1) is 10.2 Å². The van der Waals surface area contributed by atoms with Crippen LogP contribution >= 0.6 is 0 Å². The molecule has 0 aliphatic carbocycles. The summed E-state index contributed by atoms with van der Waals surface area (Å²) in [6, 6.07) is 13.3. The molecule has 2 saturated heterocycles. The molecule has 2 aromatic heterocycles. The molecular weight excluding hydrogens is 352 g/mol. The van der Waals surface area contributed by atoms with Crippen molar-refractivity contribution in [3.63, 3.8) is 0 Å². The van der Waals surface area contributed by atoms with E-state index in [9.17, 15) is 0 Å². The van der Waals surface area contributed by atoms with Crippen molar-refractivity contribution in [1.29, 1.82) is 0 Å². The number of piperazine rings is 1. The minimum absolute atomic E-state index is 0.420. The molecule has 0 amide bonds. The van der Waals surface area contributed by atoms with Crippen molar-refractivity contribution in [3.05, 3.63) is 42.7 Å². The summed E-state index contributed by atoms with van der Waals surface area (Å²) in [7, 11) is 0. The first kappa shape index (κ1) is 17.6. The highest BCUT2D eigenvalue weighted by Gasteiger charge is 2.30. The average molecular weight is 378 g/mol. The number of nitrogens with zero attached hydrogens (tertiary/aromatic N) is 6. The van der Waals surface area contributed by atoms with Gasteiger partial charge in [0.25, 0.3) is 0 Å². The van der Waals surface area contributed by atoms with Crippen LogP contribution in [0.1, 0.15) is 19.8 Å². The van der Waals surface area contributed by atoms with Crippen molar-refractivity contribution in [2.45, 2.75) is 31.8 Å². The van der Waals surface area contributed by atoms with Crippen molar-refractivity contribution in [3.8, 4) is 11.4 Å². The Bertz CT molecular complexity index is 936. The van der Waals surface area contributed by atoms with Gasteiger partial charge in [0.1, 0.15) is 12.1 Å². The number of hydrogen-bond acceptors (Lipinski definition) is 6. The van der Waals surface area contributed by atoms with Gasteiger partial charge in [0.15, 0.2) is 11.5 Å². The molecule has 1 aromatic carbocycles. The van der Waals surface area contributed by atoms with E-state index in [1.54, 1.807) is 0 Å². The molecule has 0 N–H and O–H groups in total. The monoisotopic (exact) mass is 378 g/mol. The second-order valence-electron chi connectivity index (χ2n) is 7.75. The van der Waals surface area contributed by atoms with Gasteiger partial charge in [0.2, 0.25) is 0 Å². The van der Waals surface area contributed by atoms with Crippen molar-refractivity contribution < 1.29 is 4.74 Å². The van der Waals surface area contributed by atoms with Gasteiger partial charge in [-0.25, -0.2) is 4.98 Å². The summed E-state index contributed by atoms with van der Waals surface area (Å²) < 4.78 is 7.48. The fourth-order valence-electron chi connectivity index (χ4n) is 4.43. The molecule has 1 atom stereocenters. The summed E-state index contributed by atoms with van der Waals surface area (Å²) in [4.78, 5) is 9.77. The second kappa shape index (κ2) is 7.48. The van der Waals surface area contributed by atoms with E-state index < -0.39 is 0 Å². The predicted octanol–water partition coefficient (Wildman–Crippen LogP) is 2.48. The fraction of sp³-hybridized carbons (Fsp3) is 0.476. The Labute approximate surface area is 165 Å². The lowest BCUT2D eigenvalue weighted by molar-refractivity contribution is 0.0279. The second-order valence-corrected chi connectivity index (χ2v) is 7.75. The lowest BCUT2D eigenvalue weighted by atomic mass is 10.0. The van der Waals surface area contributed by atoms with Crippen molar-refractivity contribution in [1.82, 2.24) is 24.5 Å². The van der Waals surface area contributed by atoms with Gasteiger partial charge in [-0.1, -0.05) is 30.3 Å². The number of ether oxygens (including phenoxy) is 1. The predicted molar refractivity (Wildman–Crippen MR) is 108 cm³/mol. The van der Waals surface area contributed by atoms with Crippen LogP contribution in [0.15, 0.2) is 42.7 Å². The molecule has 0 bridgehead atoms. The topological polar surface area (TPSA) is 58.8 Å². The van der Waals surface area contributed by atoms with E-state index in [0.717, 1.165) is 68.5 Å². The van der Waals surface area contributed by atoms with E-state index in [0.29, 0.717) is 12.1 Å². The molecule has 2 aliphatic heterocycles. The van der Waals surface area contributed by atoms with E-state index >= 15 is 0 Å². The van der Waals surface area contributed by atoms with Crippen LogP contribution in [-0.2, 0) is 4.74 Å². The van der Waals surface area contributed by atoms with Crippen LogP contribution in [0, 0.1) is 0 Å². The number of anilines is 1. The number of hydrogen-bond donors (Lipinski definition) is 0. The maximum atomic E-state index is 5.52. The van der Waals surface area contributed by atoms with Crippen LogP contribution in [0.4, 0.5) is 5.82 Å². The Morgan fingerprint density at radius 2 is 1.86 bits per heavy atom. The molecule has 0 spiro atoms. The summed E-state index contributed by atoms with van der Waals surface area (Å²) >= 11 is 0. The molecular formula is C21H26N6O. The quantitative estimate of drug-likeness (QED) is 0.698. The molecule has 146 valence electrons. The van der Waals surface area contributed by atoms with Crippen molar-refractivity contribution in [2.24, 2.45) is 0 Å². The highest BCUT2D eigenvalue weighted by atomic mass is 16.5. The first-order chi connectivity index (χ1) is 13.8. The zero-order chi connectivity index (χ0) is 18.9. The van der Waals surface area contributed by atoms with Crippen LogP contribution in [0.2, 0.25) is 0 Å². The Morgan fingerprint density at radius 1 is 1.04 bits per heavy atom. The summed E-state index contributed by atoms with van der Waals surface area (Å²) in [5, 5.41) is 8.76. The summed E-state index contributed by atoms with van der Waals surface area (Å²) in [5.41, 5.74) is 1.88. The molecule has 7 nitrogen and oxygen atoms in total. The zero-order valence-electron chi connectivity index (χ0n) is 16.2. The van der Waals surface area contributed by atoms with Crippen molar-refractivity contribution >= 4 is 11.5 Å². The minimum Gasteiger partial charge on any atom is -0.381 e. The lowest BCUT2D eigenvalue weighted by Gasteiger charge is -2.44. The maximum absolute atomic E-state index is 5.52. The van der Waals surface area contributed by atoms with E-state index in [1.165, 1.54) is 0 Å². The van der Waals surface area contributed by atoms with E-state index in [-0.39, 0.29) is 0 Å². The Kier molecular flexibility index (Phi) is 4.70. The van der Waals surface area contributed by atoms with E-state index in [1.807, 2.05) is 41.1 Å². The van der Waals surface area contributed by atoms with E-state index in [4.69, 9.17) is 9.72 Å². The normalized spacial score (nSPS) is 22.0. The number of fused-ring (bicyclic) bond motifs is 1. The molecule has 0 unspecified atom stereocenters. The summed E-state index contributed by atoms with van der Waals surface area (Å²) in [6.07, 6.45) is 4.16. The standard InChI is InChI=1S/C21H26N6O/c1-16-14-25(18-7-11-28-12-8-18)9-10-26(16)19-13-20-23-24-21(27(20)15-22-19)17-5-3-2-4-6-17/h2-6,13,15-16,18H,7-12,14H2,1H3/t16-/m1/s1. The zero-order valence-corrected chi connectivity index (χ0v) is 16.2. The van der Waals surface area contributed by atoms with E-state index in [2.05, 4.69) is 33.0 Å². The molecule has 7 heteroatoms. The summed E-state index contributed by atoms with van der Waals surface area (Å²) in [6.45, 7) is 7.21. The largest absolute Gasteiger partial charge is 0.381 e. The third kappa shape index (κ3) is 3.25. The first-order valence-corrected chi connectivity index (χ1v) is 10.1. The van der Waals surface area contributed by atoms with Gasteiger partial charge in [-0.05, 0) is 19.8 Å². The Hall–Kier alpha value is -2.51. The fourth-order valence-corrected chi connectivity index (χ4v) is 4.43. The van der Waals surface area contributed by atoms with Crippen LogP contribution in [0.5, 0.6) is 0 Å². The minimum atomic E-state index is 0.420. The summed E-state index contributed by atoms with van der Waals surface area (Å²) in [5.74, 6) is 1.81. The van der Waals surface area contributed by atoms with Gasteiger partial charge in [0.05, 0.1) is 0 Å². The smallest absolute Gasteiger partial charge is 0.169 e. The number of benzene rings is 1. The van der Waals surface area contributed by atoms with Gasteiger partial charge in [-0.2, -0.15) is 0 Å². The Balaban J connectivity index is 1.35. The third-order valence-corrected chi connectivity index (χ3v) is 5.98. The molecule has 2 aliphatic rings. The van der Waals surface area contributed by atoms with Crippen LogP contribution < -0.4 is 4.90 Å². The van der Waals surface area contributed by atoms with Crippen LogP contribution in [0.25, 0.3) is 17.0 Å². The molecule has 28 heavy (non-hydrogen) atoms. The van der Waals surface area contributed by atoms with Gasteiger partial charge in [0, 0.05) is 56.6 Å². The molecule has 0 radical (unpaired) electrons. The molecule has 3 aromatic rings. The van der Waals surface area contributed by atoms with Gasteiger partial charge < -0.3 is 9.64 Å². The molecule has 0 saturated carbocycles. The lowest BCUT2D eigenvalue weighted by Crippen LogP contribution is -2.56. The Morgan fingerprint density at radius 3 is 2.64 bits per heavy atom. The third-order valence-electron chi connectivity index (χ3n) is 5.98. The first-order valence-electron chi connectivity index (χ1n) is 10.1. The average Bonchev–Trinajstić information content (AvgIpc) is 3.18. The van der Waals surface area contributed by atoms with Gasteiger partial charge in [-0.3, -0.25) is 9.30 Å². The molecule has 2 fully saturated rings. The maximum Gasteiger partial charge on any atom is 0.169 e. The SMILES string of the molecule is C[C@@H]1CN(C2CCOCC2)CCN1c1cc2nnc(-c3ccccc3)n2cn1. The highest BCUT2D eigenvalue weighted by Crippen LogP contribution is 2.25. The van der Waals surface area contributed by atoms with Crippen molar-refractivity contribution in [2.75, 3.05) is 37.7 Å². The molecule has 4 heterocycles. The number of aromatic nitrogens is 4.